The minimum atomic E-state index is -1.17. The summed E-state index contributed by atoms with van der Waals surface area (Å²) in [4.78, 5) is 13.9. The van der Waals surface area contributed by atoms with Crippen LogP contribution in [0.15, 0.2) is 28.7 Å². The lowest BCUT2D eigenvalue weighted by Crippen LogP contribution is -1.73. The van der Waals surface area contributed by atoms with Crippen molar-refractivity contribution in [1.82, 2.24) is 10.2 Å². The maximum Gasteiger partial charge on any atom is 0.305 e. The van der Waals surface area contributed by atoms with Crippen LogP contribution in [-0.4, -0.2) is 16.2 Å². The lowest BCUT2D eigenvalue weighted by molar-refractivity contribution is 0.256. The van der Waals surface area contributed by atoms with Gasteiger partial charge in [-0.05, 0) is 27.4 Å². The van der Waals surface area contributed by atoms with Crippen LogP contribution in [0.5, 0.6) is 0 Å². The van der Waals surface area contributed by atoms with Crippen molar-refractivity contribution in [3.8, 4) is 0 Å². The van der Waals surface area contributed by atoms with Gasteiger partial charge in [-0.2, -0.15) is 5.10 Å². The van der Waals surface area contributed by atoms with Gasteiger partial charge in [-0.1, -0.05) is 0 Å². The van der Waals surface area contributed by atoms with Gasteiger partial charge in [0.25, 0.3) is 0 Å². The highest BCUT2D eigenvalue weighted by atomic mass is 16.2. The minimum Gasteiger partial charge on any atom is -0.286 e. The molecule has 9 heteroatoms. The van der Waals surface area contributed by atoms with Gasteiger partial charge in [-0.3, -0.25) is 9.89 Å². The molecule has 0 fully saturated rings. The zero-order valence-electron chi connectivity index (χ0n) is 6.27. The lowest BCUT2D eigenvalue weighted by atomic mass is 10.8. The predicted molar refractivity (Wildman–Crippen MR) is 42.3 cm³/mol. The van der Waals surface area contributed by atoms with Gasteiger partial charge < -0.3 is 0 Å². The average molecular weight is 180 g/mol. The number of urea groups is 1. The number of azide groups is 1. The maximum absolute atomic E-state index is 9.80. The van der Waals surface area contributed by atoms with Crippen LogP contribution in [-0.2, 0) is 0 Å². The van der Waals surface area contributed by atoms with Crippen molar-refractivity contribution in [3.63, 3.8) is 0 Å². The van der Waals surface area contributed by atoms with Crippen LogP contribution in [0, 0.1) is 0 Å². The molecule has 13 heavy (non-hydrogen) atoms. The van der Waals surface area contributed by atoms with Crippen molar-refractivity contribution >= 4 is 6.03 Å². The Morgan fingerprint density at radius 2 is 2.00 bits per heavy atom. The fourth-order valence-electron chi connectivity index (χ4n) is 0.312. The van der Waals surface area contributed by atoms with Crippen LogP contribution >= 0.6 is 0 Å². The Kier molecular flexibility index (Phi) is 6.14. The van der Waals surface area contributed by atoms with E-state index in [0.29, 0.717) is 0 Å². The van der Waals surface area contributed by atoms with E-state index in [1.165, 1.54) is 0 Å². The third kappa shape index (κ3) is 7.40. The second-order valence-corrected chi connectivity index (χ2v) is 1.43. The fraction of sp³-hybridized carbons (Fsp3) is 0. The molecule has 1 aromatic rings. The SMILES string of the molecule is [N-]=[N+]=NC(=O)N=[N+]=[N-].c1cn[nH]c1. The highest BCUT2D eigenvalue weighted by Gasteiger charge is 1.84. The first-order valence-electron chi connectivity index (χ1n) is 2.89. The number of carbonyl (C=O) groups is 1. The van der Waals surface area contributed by atoms with Gasteiger partial charge in [0.05, 0.1) is 0 Å². The zero-order chi connectivity index (χ0) is 9.94. The third-order valence-electron chi connectivity index (χ3n) is 0.666. The summed E-state index contributed by atoms with van der Waals surface area (Å²) >= 11 is 0. The van der Waals surface area contributed by atoms with Crippen LogP contribution in [0.2, 0.25) is 0 Å². The number of hydrogen-bond acceptors (Lipinski definition) is 2. The van der Waals surface area contributed by atoms with E-state index in [1.54, 1.807) is 12.4 Å². The fourth-order valence-corrected chi connectivity index (χ4v) is 0.312. The average Bonchev–Trinajstić information content (AvgIpc) is 2.61. The molecule has 0 aliphatic rings. The molecule has 0 radical (unpaired) electrons. The maximum atomic E-state index is 9.80. The van der Waals surface area contributed by atoms with Gasteiger partial charge in [0.15, 0.2) is 0 Å². The van der Waals surface area contributed by atoms with Crippen molar-refractivity contribution in [3.05, 3.63) is 39.3 Å². The van der Waals surface area contributed by atoms with E-state index >= 15 is 0 Å². The highest BCUT2D eigenvalue weighted by molar-refractivity contribution is 5.75. The number of nitrogens with zero attached hydrogens (tertiary/aromatic N) is 7. The van der Waals surface area contributed by atoms with Crippen LogP contribution in [0.1, 0.15) is 0 Å². The minimum absolute atomic E-state index is 1.17. The Hall–Kier alpha value is -2.50. The number of H-pyrrole nitrogens is 1. The zero-order valence-corrected chi connectivity index (χ0v) is 6.27. The van der Waals surface area contributed by atoms with Gasteiger partial charge in [0.2, 0.25) is 0 Å². The molecule has 0 unspecified atom stereocenters. The lowest BCUT2D eigenvalue weighted by Gasteiger charge is -1.65. The number of nitrogens with one attached hydrogen (secondary N) is 1. The largest absolute Gasteiger partial charge is 0.305 e. The van der Waals surface area contributed by atoms with Gasteiger partial charge >= 0.3 is 6.03 Å². The summed E-state index contributed by atoms with van der Waals surface area (Å²) in [5.41, 5.74) is 15.0. The number of hydrogen-bond donors (Lipinski definition) is 1. The van der Waals surface area contributed by atoms with Crippen LogP contribution in [0.3, 0.4) is 0 Å². The van der Waals surface area contributed by atoms with Gasteiger partial charge in [0, 0.05) is 22.2 Å². The number of aromatic nitrogens is 2. The van der Waals surface area contributed by atoms with Crippen molar-refractivity contribution in [2.24, 2.45) is 10.2 Å². The number of rotatable bonds is 0. The smallest absolute Gasteiger partial charge is 0.286 e. The van der Waals surface area contributed by atoms with E-state index in [9.17, 15) is 4.79 Å². The highest BCUT2D eigenvalue weighted by Crippen LogP contribution is 1.80. The van der Waals surface area contributed by atoms with E-state index < -0.39 is 6.03 Å². The molecule has 1 aromatic heterocycles. The second-order valence-electron chi connectivity index (χ2n) is 1.43. The quantitative estimate of drug-likeness (QED) is 0.370. The second kappa shape index (κ2) is 7.61. The molecule has 0 bridgehead atoms. The molecule has 0 aliphatic carbocycles. The van der Waals surface area contributed by atoms with E-state index in [-0.39, 0.29) is 0 Å². The summed E-state index contributed by atoms with van der Waals surface area (Å²) in [5, 5.41) is 11.1. The first-order valence-corrected chi connectivity index (χ1v) is 2.89. The third-order valence-corrected chi connectivity index (χ3v) is 0.666. The van der Waals surface area contributed by atoms with Gasteiger partial charge in [-0.15, -0.1) is 0 Å². The number of carbonyl (C=O) groups excluding carboxylic acids is 1. The van der Waals surface area contributed by atoms with Crippen molar-refractivity contribution in [2.75, 3.05) is 0 Å². The molecule has 1 rings (SSSR count). The standard InChI is InChI=1S/C3H4N2.CN6O/c1-2-4-5-3-1;2-6-4-1(8)5-7-3/h1-3H,(H,4,5);. The molecule has 1 heterocycles. The monoisotopic (exact) mass is 180 g/mol. The Bertz CT molecular complexity index is 292. The Labute approximate surface area is 71.6 Å². The molecular formula is C4H4N8O. The summed E-state index contributed by atoms with van der Waals surface area (Å²) in [5.74, 6) is 0. The molecule has 0 aliphatic heterocycles. The predicted octanol–water partition coefficient (Wildman–Crippen LogP) is 2.14. The van der Waals surface area contributed by atoms with E-state index in [1.807, 2.05) is 6.07 Å². The van der Waals surface area contributed by atoms with Gasteiger partial charge in [0.1, 0.15) is 0 Å². The summed E-state index contributed by atoms with van der Waals surface area (Å²) in [7, 11) is 0. The van der Waals surface area contributed by atoms with E-state index in [0.717, 1.165) is 0 Å². The molecule has 0 atom stereocenters. The molecule has 66 valence electrons. The molecule has 2 amide bonds. The first-order chi connectivity index (χ1) is 6.31. The van der Waals surface area contributed by atoms with E-state index in [4.69, 9.17) is 11.1 Å². The van der Waals surface area contributed by atoms with Crippen LogP contribution in [0.25, 0.3) is 20.9 Å². The topological polar surface area (TPSA) is 143 Å². The Morgan fingerprint density at radius 3 is 2.23 bits per heavy atom. The Morgan fingerprint density at radius 1 is 1.38 bits per heavy atom. The first kappa shape index (κ1) is 10.5. The normalized spacial score (nSPS) is 6.77. The summed E-state index contributed by atoms with van der Waals surface area (Å²) in [6, 6.07) is 0.662. The van der Waals surface area contributed by atoms with Crippen LogP contribution in [0.4, 0.5) is 4.79 Å². The molecular weight excluding hydrogens is 176 g/mol. The molecule has 0 aromatic carbocycles. The number of amides is 2. The molecule has 1 N–H and O–H groups in total. The molecule has 0 spiro atoms. The van der Waals surface area contributed by atoms with Crippen LogP contribution < -0.4 is 0 Å². The molecule has 0 saturated carbocycles. The molecule has 0 saturated heterocycles. The van der Waals surface area contributed by atoms with Crippen molar-refractivity contribution in [1.29, 1.82) is 0 Å². The van der Waals surface area contributed by atoms with E-state index in [2.05, 4.69) is 30.2 Å². The summed E-state index contributed by atoms with van der Waals surface area (Å²) in [6.45, 7) is 0. The van der Waals surface area contributed by atoms with Gasteiger partial charge in [-0.25, -0.2) is 0 Å². The Balaban J connectivity index is 0.000000243. The summed E-state index contributed by atoms with van der Waals surface area (Å²) in [6.07, 6.45) is 3.46. The molecule has 9 nitrogen and oxygen atoms in total. The summed E-state index contributed by atoms with van der Waals surface area (Å²) < 4.78 is 0. The number of aromatic amines is 1. The van der Waals surface area contributed by atoms with Crippen molar-refractivity contribution in [2.45, 2.75) is 0 Å². The van der Waals surface area contributed by atoms with Crippen molar-refractivity contribution < 1.29 is 4.79 Å².